The predicted molar refractivity (Wildman–Crippen MR) is 119 cm³/mol. The van der Waals surface area contributed by atoms with Crippen LogP contribution in [0, 0.1) is 0 Å². The minimum Gasteiger partial charge on any atom is -0.497 e. The predicted octanol–water partition coefficient (Wildman–Crippen LogP) is 2.60. The first-order valence-corrected chi connectivity index (χ1v) is 10.3. The third kappa shape index (κ3) is 6.22. The van der Waals surface area contributed by atoms with E-state index in [1.807, 2.05) is 12.1 Å². The summed E-state index contributed by atoms with van der Waals surface area (Å²) >= 11 is 0. The number of nitrogens with one attached hydrogen (secondary N) is 2. The van der Waals surface area contributed by atoms with Crippen molar-refractivity contribution in [2.45, 2.75) is 13.3 Å². The van der Waals surface area contributed by atoms with Crippen LogP contribution < -0.4 is 20.3 Å². The summed E-state index contributed by atoms with van der Waals surface area (Å²) in [7, 11) is 1.68. The zero-order chi connectivity index (χ0) is 21.3. The Morgan fingerprint density at radius 1 is 0.967 bits per heavy atom. The molecule has 1 saturated heterocycles. The zero-order valence-corrected chi connectivity index (χ0v) is 17.7. The Morgan fingerprint density at radius 3 is 2.23 bits per heavy atom. The van der Waals surface area contributed by atoms with Crippen LogP contribution >= 0.6 is 0 Å². The lowest BCUT2D eigenvalue weighted by Gasteiger charge is -2.36. The van der Waals surface area contributed by atoms with E-state index in [4.69, 9.17) is 4.74 Å². The number of hydrogen-bond donors (Lipinski definition) is 2. The molecule has 30 heavy (non-hydrogen) atoms. The van der Waals surface area contributed by atoms with Gasteiger partial charge < -0.3 is 20.3 Å². The quantitative estimate of drug-likeness (QED) is 0.655. The van der Waals surface area contributed by atoms with Crippen LogP contribution in [-0.2, 0) is 4.79 Å². The fourth-order valence-corrected chi connectivity index (χ4v) is 3.54. The summed E-state index contributed by atoms with van der Waals surface area (Å²) in [5, 5.41) is 5.66. The monoisotopic (exact) mass is 410 g/mol. The lowest BCUT2D eigenvalue weighted by molar-refractivity contribution is -0.114. The minimum atomic E-state index is -0.128. The van der Waals surface area contributed by atoms with Crippen LogP contribution in [0.3, 0.4) is 0 Å². The van der Waals surface area contributed by atoms with Gasteiger partial charge >= 0.3 is 0 Å². The van der Waals surface area contributed by atoms with Crippen LogP contribution in [0.25, 0.3) is 0 Å². The maximum absolute atomic E-state index is 12.2. The van der Waals surface area contributed by atoms with Crippen molar-refractivity contribution in [3.8, 4) is 5.75 Å². The van der Waals surface area contributed by atoms with Crippen LogP contribution in [0.15, 0.2) is 48.5 Å². The van der Waals surface area contributed by atoms with Crippen LogP contribution in [0.5, 0.6) is 5.75 Å². The number of nitrogens with zero attached hydrogens (tertiary/aromatic N) is 2. The van der Waals surface area contributed by atoms with Crippen molar-refractivity contribution in [2.24, 2.45) is 0 Å². The second-order valence-electron chi connectivity index (χ2n) is 7.39. The summed E-state index contributed by atoms with van der Waals surface area (Å²) in [6, 6.07) is 15.1. The van der Waals surface area contributed by atoms with Crippen molar-refractivity contribution in [1.29, 1.82) is 0 Å². The van der Waals surface area contributed by atoms with E-state index >= 15 is 0 Å². The van der Waals surface area contributed by atoms with Gasteiger partial charge in [0.05, 0.1) is 7.11 Å². The minimum absolute atomic E-state index is 0.0892. The second-order valence-corrected chi connectivity index (χ2v) is 7.39. The van der Waals surface area contributed by atoms with E-state index in [2.05, 4.69) is 32.6 Å². The van der Waals surface area contributed by atoms with Gasteiger partial charge in [0, 0.05) is 56.6 Å². The molecule has 1 aliphatic heterocycles. The number of methoxy groups -OCH3 is 1. The van der Waals surface area contributed by atoms with Crippen molar-refractivity contribution in [3.05, 3.63) is 54.1 Å². The Morgan fingerprint density at radius 2 is 1.63 bits per heavy atom. The third-order valence-electron chi connectivity index (χ3n) is 5.21. The highest BCUT2D eigenvalue weighted by Gasteiger charge is 2.17. The van der Waals surface area contributed by atoms with Gasteiger partial charge in [0.1, 0.15) is 5.75 Å². The van der Waals surface area contributed by atoms with Crippen molar-refractivity contribution in [3.63, 3.8) is 0 Å². The average molecular weight is 411 g/mol. The number of piperazine rings is 1. The fourth-order valence-electron chi connectivity index (χ4n) is 3.54. The zero-order valence-electron chi connectivity index (χ0n) is 17.7. The maximum atomic E-state index is 12.2. The van der Waals surface area contributed by atoms with Gasteiger partial charge in [-0.3, -0.25) is 14.5 Å². The highest BCUT2D eigenvalue weighted by Crippen LogP contribution is 2.20. The molecule has 1 heterocycles. The molecule has 0 aliphatic carbocycles. The van der Waals surface area contributed by atoms with Gasteiger partial charge in [-0.05, 0) is 61.5 Å². The van der Waals surface area contributed by atoms with Crippen LogP contribution in [0.1, 0.15) is 23.7 Å². The third-order valence-corrected chi connectivity index (χ3v) is 5.21. The molecule has 2 amide bonds. The van der Waals surface area contributed by atoms with E-state index < -0.39 is 0 Å². The molecule has 0 unspecified atom stereocenters. The summed E-state index contributed by atoms with van der Waals surface area (Å²) in [6.45, 7) is 7.11. The lowest BCUT2D eigenvalue weighted by atomic mass is 10.2. The molecular weight excluding hydrogens is 380 g/mol. The number of ether oxygens (including phenoxy) is 1. The molecule has 0 radical (unpaired) electrons. The summed E-state index contributed by atoms with van der Waals surface area (Å²) in [4.78, 5) is 28.1. The number of carbonyl (C=O) groups excluding carboxylic acids is 2. The molecule has 1 fully saturated rings. The molecule has 0 saturated carbocycles. The normalized spacial score (nSPS) is 14.3. The molecule has 3 rings (SSSR count). The van der Waals surface area contributed by atoms with E-state index in [0.29, 0.717) is 17.8 Å². The van der Waals surface area contributed by atoms with E-state index in [1.54, 1.807) is 31.4 Å². The Bertz CT molecular complexity index is 829. The van der Waals surface area contributed by atoms with Crippen LogP contribution in [0.4, 0.5) is 11.4 Å². The van der Waals surface area contributed by atoms with Gasteiger partial charge in [0.25, 0.3) is 5.91 Å². The van der Waals surface area contributed by atoms with Gasteiger partial charge in [0.15, 0.2) is 0 Å². The number of benzene rings is 2. The molecule has 0 spiro atoms. The topological polar surface area (TPSA) is 73.9 Å². The molecule has 2 aromatic rings. The van der Waals surface area contributed by atoms with E-state index in [0.717, 1.165) is 44.9 Å². The second kappa shape index (κ2) is 10.6. The lowest BCUT2D eigenvalue weighted by Crippen LogP contribution is -2.47. The number of anilines is 2. The molecule has 7 nitrogen and oxygen atoms in total. The molecule has 1 aliphatic rings. The van der Waals surface area contributed by atoms with Gasteiger partial charge in [0.2, 0.25) is 5.91 Å². The Labute approximate surface area is 178 Å². The Hall–Kier alpha value is -3.06. The van der Waals surface area contributed by atoms with Crippen molar-refractivity contribution in [2.75, 3.05) is 56.6 Å². The van der Waals surface area contributed by atoms with E-state index in [-0.39, 0.29) is 11.8 Å². The summed E-state index contributed by atoms with van der Waals surface area (Å²) in [5.41, 5.74) is 2.51. The molecule has 0 bridgehead atoms. The number of amides is 2. The molecule has 160 valence electrons. The van der Waals surface area contributed by atoms with E-state index in [1.165, 1.54) is 12.6 Å². The van der Waals surface area contributed by atoms with E-state index in [9.17, 15) is 9.59 Å². The summed E-state index contributed by atoms with van der Waals surface area (Å²) in [6.07, 6.45) is 0.915. The van der Waals surface area contributed by atoms with Crippen molar-refractivity contribution in [1.82, 2.24) is 10.2 Å². The number of hydrogen-bond acceptors (Lipinski definition) is 5. The van der Waals surface area contributed by atoms with Crippen molar-refractivity contribution >= 4 is 23.2 Å². The SMILES string of the molecule is COc1ccc(N2CCN(CCCNC(=O)c3ccc(NC(C)=O)cc3)CC2)cc1. The van der Waals surface area contributed by atoms with Crippen molar-refractivity contribution < 1.29 is 14.3 Å². The first kappa shape index (κ1) is 21.6. The fraction of sp³-hybridized carbons (Fsp3) is 0.391. The molecular formula is C23H30N4O3. The number of rotatable bonds is 8. The van der Waals surface area contributed by atoms with Gasteiger partial charge in [-0.1, -0.05) is 0 Å². The van der Waals surface area contributed by atoms with Gasteiger partial charge in [-0.25, -0.2) is 0 Å². The Balaban J connectivity index is 1.34. The Kier molecular flexibility index (Phi) is 7.68. The smallest absolute Gasteiger partial charge is 0.251 e. The molecule has 2 N–H and O–H groups in total. The highest BCUT2D eigenvalue weighted by molar-refractivity contribution is 5.95. The standard InChI is InChI=1S/C23H30N4O3/c1-18(28)25-20-6-4-19(5-7-20)23(29)24-12-3-13-26-14-16-27(17-15-26)21-8-10-22(30-2)11-9-21/h4-11H,3,12-17H2,1-2H3,(H,24,29)(H,25,28). The molecule has 7 heteroatoms. The average Bonchev–Trinajstić information content (AvgIpc) is 2.77. The van der Waals surface area contributed by atoms with Gasteiger partial charge in [-0.15, -0.1) is 0 Å². The summed E-state index contributed by atoms with van der Waals surface area (Å²) < 4.78 is 5.22. The first-order chi connectivity index (χ1) is 14.5. The molecule has 0 aromatic heterocycles. The highest BCUT2D eigenvalue weighted by atomic mass is 16.5. The largest absolute Gasteiger partial charge is 0.497 e. The number of carbonyl (C=O) groups is 2. The first-order valence-electron chi connectivity index (χ1n) is 10.3. The van der Waals surface area contributed by atoms with Crippen LogP contribution in [-0.4, -0.2) is 63.1 Å². The van der Waals surface area contributed by atoms with Gasteiger partial charge in [-0.2, -0.15) is 0 Å². The van der Waals surface area contributed by atoms with Crippen LogP contribution in [0.2, 0.25) is 0 Å². The molecule has 0 atom stereocenters. The molecule has 2 aromatic carbocycles. The maximum Gasteiger partial charge on any atom is 0.251 e. The summed E-state index contributed by atoms with van der Waals surface area (Å²) in [5.74, 6) is 0.661.